The molecule has 100 valence electrons. The SMILES string of the molecule is CC(CCCO)NC(=O)Cn1cc(C2CC2)nn1. The lowest BCUT2D eigenvalue weighted by atomic mass is 10.2. The van der Waals surface area contributed by atoms with E-state index < -0.39 is 0 Å². The van der Waals surface area contributed by atoms with Crippen molar-refractivity contribution < 1.29 is 9.90 Å². The van der Waals surface area contributed by atoms with Crippen LogP contribution in [0.15, 0.2) is 6.20 Å². The number of amides is 1. The molecule has 1 aliphatic carbocycles. The Bertz CT molecular complexity index is 401. The first-order chi connectivity index (χ1) is 8.69. The second-order valence-electron chi connectivity index (χ2n) is 4.95. The quantitative estimate of drug-likeness (QED) is 0.737. The largest absolute Gasteiger partial charge is 0.396 e. The van der Waals surface area contributed by atoms with Crippen LogP contribution in [0.5, 0.6) is 0 Å². The number of carbonyl (C=O) groups excluding carboxylic acids is 1. The van der Waals surface area contributed by atoms with Crippen molar-refractivity contribution in [1.82, 2.24) is 20.3 Å². The maximum Gasteiger partial charge on any atom is 0.242 e. The maximum absolute atomic E-state index is 11.7. The maximum atomic E-state index is 11.7. The normalized spacial score (nSPS) is 16.6. The predicted octanol–water partition coefficient (Wildman–Crippen LogP) is 0.433. The summed E-state index contributed by atoms with van der Waals surface area (Å²) in [6, 6.07) is 0.0797. The fourth-order valence-corrected chi connectivity index (χ4v) is 1.89. The van der Waals surface area contributed by atoms with E-state index in [0.29, 0.717) is 12.3 Å². The van der Waals surface area contributed by atoms with Gasteiger partial charge in [0, 0.05) is 24.8 Å². The molecule has 0 bridgehead atoms. The van der Waals surface area contributed by atoms with Gasteiger partial charge in [-0.3, -0.25) is 4.79 Å². The third-order valence-electron chi connectivity index (χ3n) is 3.06. The number of aliphatic hydroxyl groups is 1. The summed E-state index contributed by atoms with van der Waals surface area (Å²) < 4.78 is 1.59. The zero-order chi connectivity index (χ0) is 13.0. The van der Waals surface area contributed by atoms with Crippen LogP contribution in [-0.2, 0) is 11.3 Å². The van der Waals surface area contributed by atoms with Crippen molar-refractivity contribution >= 4 is 5.91 Å². The molecule has 2 N–H and O–H groups in total. The predicted molar refractivity (Wildman–Crippen MR) is 65.9 cm³/mol. The zero-order valence-electron chi connectivity index (χ0n) is 10.7. The van der Waals surface area contributed by atoms with Gasteiger partial charge in [-0.25, -0.2) is 4.68 Å². The van der Waals surface area contributed by atoms with Gasteiger partial charge in [0.1, 0.15) is 6.54 Å². The molecule has 0 aromatic carbocycles. The first-order valence-electron chi connectivity index (χ1n) is 6.49. The molecule has 0 spiro atoms. The lowest BCUT2D eigenvalue weighted by molar-refractivity contribution is -0.122. The molecule has 1 unspecified atom stereocenters. The van der Waals surface area contributed by atoms with E-state index in [4.69, 9.17) is 5.11 Å². The molecule has 1 heterocycles. The molecule has 1 atom stereocenters. The molecular formula is C12H20N4O2. The minimum Gasteiger partial charge on any atom is -0.396 e. The Hall–Kier alpha value is -1.43. The zero-order valence-corrected chi connectivity index (χ0v) is 10.7. The van der Waals surface area contributed by atoms with Gasteiger partial charge in [0.15, 0.2) is 0 Å². The molecule has 2 rings (SSSR count). The summed E-state index contributed by atoms with van der Waals surface area (Å²) in [5.41, 5.74) is 0.996. The van der Waals surface area contributed by atoms with E-state index in [0.717, 1.165) is 12.1 Å². The molecular weight excluding hydrogens is 232 g/mol. The van der Waals surface area contributed by atoms with E-state index >= 15 is 0 Å². The summed E-state index contributed by atoms with van der Waals surface area (Å²) in [4.78, 5) is 11.7. The number of aromatic nitrogens is 3. The lowest BCUT2D eigenvalue weighted by Crippen LogP contribution is -2.35. The summed E-state index contributed by atoms with van der Waals surface area (Å²) in [7, 11) is 0. The lowest BCUT2D eigenvalue weighted by Gasteiger charge is -2.12. The number of carbonyl (C=O) groups is 1. The number of nitrogens with one attached hydrogen (secondary N) is 1. The van der Waals surface area contributed by atoms with Gasteiger partial charge in [-0.05, 0) is 32.6 Å². The fraction of sp³-hybridized carbons (Fsp3) is 0.750. The van der Waals surface area contributed by atoms with Crippen LogP contribution in [0.4, 0.5) is 0 Å². The van der Waals surface area contributed by atoms with Crippen LogP contribution in [0.3, 0.4) is 0 Å². The fourth-order valence-electron chi connectivity index (χ4n) is 1.89. The number of rotatable bonds is 7. The molecule has 18 heavy (non-hydrogen) atoms. The van der Waals surface area contributed by atoms with Gasteiger partial charge in [0.05, 0.1) is 5.69 Å². The summed E-state index contributed by atoms with van der Waals surface area (Å²) in [5, 5.41) is 19.6. The van der Waals surface area contributed by atoms with Gasteiger partial charge >= 0.3 is 0 Å². The molecule has 1 fully saturated rings. The van der Waals surface area contributed by atoms with Gasteiger partial charge in [-0.1, -0.05) is 5.21 Å². The van der Waals surface area contributed by atoms with Crippen LogP contribution in [0.1, 0.15) is 44.2 Å². The van der Waals surface area contributed by atoms with Crippen LogP contribution >= 0.6 is 0 Å². The first-order valence-corrected chi connectivity index (χ1v) is 6.49. The minimum absolute atomic E-state index is 0.0623. The summed E-state index contributed by atoms with van der Waals surface area (Å²) in [5.74, 6) is 0.498. The molecule has 1 aliphatic rings. The molecule has 0 radical (unpaired) electrons. The van der Waals surface area contributed by atoms with E-state index in [1.54, 1.807) is 4.68 Å². The Morgan fingerprint density at radius 1 is 1.67 bits per heavy atom. The van der Waals surface area contributed by atoms with Gasteiger partial charge < -0.3 is 10.4 Å². The summed E-state index contributed by atoms with van der Waals surface area (Å²) in [6.45, 7) is 2.31. The average molecular weight is 252 g/mol. The standard InChI is InChI=1S/C12H20N4O2/c1-9(3-2-6-17)13-12(18)8-16-7-11(14-15-16)10-4-5-10/h7,9-10,17H,2-6,8H2,1H3,(H,13,18). The molecule has 1 aromatic heterocycles. The van der Waals surface area contributed by atoms with E-state index in [9.17, 15) is 4.79 Å². The Morgan fingerprint density at radius 2 is 2.44 bits per heavy atom. The van der Waals surface area contributed by atoms with Crippen molar-refractivity contribution in [3.63, 3.8) is 0 Å². The molecule has 1 aromatic rings. The van der Waals surface area contributed by atoms with Gasteiger partial charge in [-0.2, -0.15) is 0 Å². The average Bonchev–Trinajstić information content (AvgIpc) is 3.08. The highest BCUT2D eigenvalue weighted by molar-refractivity contribution is 5.75. The summed E-state index contributed by atoms with van der Waals surface area (Å²) >= 11 is 0. The van der Waals surface area contributed by atoms with Gasteiger partial charge in [0.25, 0.3) is 0 Å². The Morgan fingerprint density at radius 3 is 3.11 bits per heavy atom. The number of hydrogen-bond donors (Lipinski definition) is 2. The van der Waals surface area contributed by atoms with Crippen LogP contribution in [0.2, 0.25) is 0 Å². The van der Waals surface area contributed by atoms with E-state index in [2.05, 4.69) is 15.6 Å². The smallest absolute Gasteiger partial charge is 0.242 e. The van der Waals surface area contributed by atoms with E-state index in [1.165, 1.54) is 12.8 Å². The highest BCUT2D eigenvalue weighted by atomic mass is 16.3. The highest BCUT2D eigenvalue weighted by Crippen LogP contribution is 2.38. The molecule has 1 amide bonds. The van der Waals surface area contributed by atoms with Gasteiger partial charge in [-0.15, -0.1) is 5.10 Å². The van der Waals surface area contributed by atoms with Crippen molar-refractivity contribution in [1.29, 1.82) is 0 Å². The molecule has 1 saturated carbocycles. The number of hydrogen-bond acceptors (Lipinski definition) is 4. The number of nitrogens with zero attached hydrogens (tertiary/aromatic N) is 3. The second kappa shape index (κ2) is 5.95. The summed E-state index contributed by atoms with van der Waals surface area (Å²) in [6.07, 6.45) is 5.71. The Kier molecular flexibility index (Phi) is 4.30. The van der Waals surface area contributed by atoms with Crippen LogP contribution in [-0.4, -0.2) is 38.7 Å². The third kappa shape index (κ3) is 3.80. The molecule has 0 saturated heterocycles. The van der Waals surface area contributed by atoms with Crippen molar-refractivity contribution in [2.45, 2.75) is 51.1 Å². The molecule has 6 nitrogen and oxygen atoms in total. The van der Waals surface area contributed by atoms with Crippen LogP contribution in [0, 0.1) is 0 Å². The van der Waals surface area contributed by atoms with E-state index in [-0.39, 0.29) is 25.1 Å². The molecule has 6 heteroatoms. The van der Waals surface area contributed by atoms with Gasteiger partial charge in [0.2, 0.25) is 5.91 Å². The third-order valence-corrected chi connectivity index (χ3v) is 3.06. The highest BCUT2D eigenvalue weighted by Gasteiger charge is 2.26. The van der Waals surface area contributed by atoms with Crippen molar-refractivity contribution in [3.05, 3.63) is 11.9 Å². The Labute approximate surface area is 106 Å². The Balaban J connectivity index is 1.75. The van der Waals surface area contributed by atoms with Crippen molar-refractivity contribution in [2.24, 2.45) is 0 Å². The van der Waals surface area contributed by atoms with Crippen LogP contribution in [0.25, 0.3) is 0 Å². The number of aliphatic hydroxyl groups excluding tert-OH is 1. The molecule has 0 aliphatic heterocycles. The topological polar surface area (TPSA) is 80.0 Å². The minimum atomic E-state index is -0.0623. The first kappa shape index (κ1) is 13.0. The van der Waals surface area contributed by atoms with Crippen LogP contribution < -0.4 is 5.32 Å². The second-order valence-corrected chi connectivity index (χ2v) is 4.95. The van der Waals surface area contributed by atoms with Crippen molar-refractivity contribution in [3.8, 4) is 0 Å². The van der Waals surface area contributed by atoms with E-state index in [1.807, 2.05) is 13.1 Å². The van der Waals surface area contributed by atoms with Crippen molar-refractivity contribution in [2.75, 3.05) is 6.61 Å². The monoisotopic (exact) mass is 252 g/mol.